The lowest BCUT2D eigenvalue weighted by Crippen LogP contribution is -2.27. The van der Waals surface area contributed by atoms with Gasteiger partial charge in [0.25, 0.3) is 0 Å². The van der Waals surface area contributed by atoms with Crippen LogP contribution in [0.4, 0.5) is 5.69 Å². The molecule has 15 heavy (non-hydrogen) atoms. The molecule has 0 bridgehead atoms. The summed E-state index contributed by atoms with van der Waals surface area (Å²) in [5.41, 5.74) is 7.63. The minimum absolute atomic E-state index is 0.482. The Morgan fingerprint density at radius 1 is 1.53 bits per heavy atom. The number of methoxy groups -OCH3 is 1. The molecule has 0 aliphatic rings. The van der Waals surface area contributed by atoms with Crippen molar-refractivity contribution in [2.24, 2.45) is 5.73 Å². The van der Waals surface area contributed by atoms with Gasteiger partial charge in [0, 0.05) is 38.6 Å². The van der Waals surface area contributed by atoms with E-state index in [2.05, 4.69) is 16.8 Å². The molecule has 0 spiro atoms. The Labute approximate surface area is 91.1 Å². The first-order chi connectivity index (χ1) is 7.31. The van der Waals surface area contributed by atoms with E-state index in [9.17, 15) is 0 Å². The van der Waals surface area contributed by atoms with E-state index in [1.807, 2.05) is 12.1 Å². The van der Waals surface area contributed by atoms with E-state index in [0.717, 1.165) is 31.1 Å². The summed E-state index contributed by atoms with van der Waals surface area (Å²) in [5, 5.41) is 0. The third-order valence-corrected chi connectivity index (χ3v) is 2.32. The monoisotopic (exact) mass is 209 g/mol. The van der Waals surface area contributed by atoms with E-state index in [1.54, 1.807) is 13.3 Å². The van der Waals surface area contributed by atoms with Crippen LogP contribution in [0.3, 0.4) is 0 Å². The van der Waals surface area contributed by atoms with Gasteiger partial charge in [-0.15, -0.1) is 0 Å². The number of anilines is 1. The van der Waals surface area contributed by atoms with Crippen molar-refractivity contribution in [3.63, 3.8) is 0 Å². The second kappa shape index (κ2) is 6.37. The number of aromatic nitrogens is 1. The van der Waals surface area contributed by atoms with Crippen molar-refractivity contribution in [1.82, 2.24) is 4.98 Å². The lowest BCUT2D eigenvalue weighted by molar-refractivity contribution is 0.205. The molecule has 1 heterocycles. The van der Waals surface area contributed by atoms with Crippen LogP contribution in [0.25, 0.3) is 0 Å². The second-order valence-electron chi connectivity index (χ2n) is 3.28. The van der Waals surface area contributed by atoms with Crippen molar-refractivity contribution in [1.29, 1.82) is 0 Å². The molecule has 1 rings (SSSR count). The predicted octanol–water partition coefficient (Wildman–Crippen LogP) is 1.01. The van der Waals surface area contributed by atoms with Crippen molar-refractivity contribution < 1.29 is 4.74 Å². The highest BCUT2D eigenvalue weighted by Crippen LogP contribution is 2.13. The third kappa shape index (κ3) is 3.49. The summed E-state index contributed by atoms with van der Waals surface area (Å²) in [6.07, 6.45) is 1.80. The van der Waals surface area contributed by atoms with Gasteiger partial charge in [-0.2, -0.15) is 0 Å². The van der Waals surface area contributed by atoms with E-state index in [1.165, 1.54) is 0 Å². The van der Waals surface area contributed by atoms with Gasteiger partial charge in [-0.05, 0) is 19.1 Å². The molecule has 0 saturated heterocycles. The molecule has 0 atom stereocenters. The molecule has 4 nitrogen and oxygen atoms in total. The summed E-state index contributed by atoms with van der Waals surface area (Å²) in [6, 6.07) is 4.03. The van der Waals surface area contributed by atoms with Crippen molar-refractivity contribution in [3.8, 4) is 0 Å². The molecule has 2 N–H and O–H groups in total. The summed E-state index contributed by atoms with van der Waals surface area (Å²) in [6.45, 7) is 5.18. The average Bonchev–Trinajstić information content (AvgIpc) is 2.30. The summed E-state index contributed by atoms with van der Waals surface area (Å²) >= 11 is 0. The van der Waals surface area contributed by atoms with Gasteiger partial charge in [0.2, 0.25) is 0 Å². The largest absolute Gasteiger partial charge is 0.383 e. The van der Waals surface area contributed by atoms with Gasteiger partial charge in [-0.3, -0.25) is 4.98 Å². The Bertz CT molecular complexity index is 291. The lowest BCUT2D eigenvalue weighted by Gasteiger charge is -2.22. The van der Waals surface area contributed by atoms with Gasteiger partial charge in [-0.1, -0.05) is 0 Å². The zero-order chi connectivity index (χ0) is 11.1. The molecule has 0 radical (unpaired) electrons. The number of hydrogen-bond donors (Lipinski definition) is 1. The lowest BCUT2D eigenvalue weighted by atomic mass is 10.3. The highest BCUT2D eigenvalue weighted by molar-refractivity contribution is 5.46. The first kappa shape index (κ1) is 11.9. The van der Waals surface area contributed by atoms with Crippen molar-refractivity contribution in [2.75, 3.05) is 31.7 Å². The molecule has 0 amide bonds. The van der Waals surface area contributed by atoms with Gasteiger partial charge < -0.3 is 15.4 Å². The zero-order valence-electron chi connectivity index (χ0n) is 9.44. The molecule has 1 aromatic heterocycles. The maximum Gasteiger partial charge on any atom is 0.0637 e. The highest BCUT2D eigenvalue weighted by atomic mass is 16.5. The Hall–Kier alpha value is -1.13. The standard InChI is InChI=1S/C11H19N3O/c1-3-14(6-7-15-2)11-4-5-13-10(8-11)9-12/h4-5,8H,3,6-7,9,12H2,1-2H3. The quantitative estimate of drug-likeness (QED) is 0.759. The zero-order valence-corrected chi connectivity index (χ0v) is 9.44. The summed E-state index contributed by atoms with van der Waals surface area (Å²) < 4.78 is 5.07. The van der Waals surface area contributed by atoms with Gasteiger partial charge in [0.1, 0.15) is 0 Å². The number of ether oxygens (including phenoxy) is 1. The summed E-state index contributed by atoms with van der Waals surface area (Å²) in [5.74, 6) is 0. The number of nitrogens with zero attached hydrogens (tertiary/aromatic N) is 2. The molecular formula is C11H19N3O. The predicted molar refractivity (Wildman–Crippen MR) is 61.9 cm³/mol. The molecule has 84 valence electrons. The van der Waals surface area contributed by atoms with Crippen LogP contribution in [0.15, 0.2) is 18.3 Å². The fourth-order valence-electron chi connectivity index (χ4n) is 1.45. The number of hydrogen-bond acceptors (Lipinski definition) is 4. The molecule has 0 saturated carbocycles. The van der Waals surface area contributed by atoms with E-state index >= 15 is 0 Å². The molecule has 4 heteroatoms. The Morgan fingerprint density at radius 2 is 2.33 bits per heavy atom. The van der Waals surface area contributed by atoms with Crippen molar-refractivity contribution in [3.05, 3.63) is 24.0 Å². The van der Waals surface area contributed by atoms with Gasteiger partial charge in [0.15, 0.2) is 0 Å². The number of rotatable bonds is 6. The van der Waals surface area contributed by atoms with Crippen LogP contribution in [0, 0.1) is 0 Å². The number of pyridine rings is 1. The highest BCUT2D eigenvalue weighted by Gasteiger charge is 2.04. The van der Waals surface area contributed by atoms with Crippen LogP contribution in [0.5, 0.6) is 0 Å². The Balaban J connectivity index is 2.72. The third-order valence-electron chi connectivity index (χ3n) is 2.32. The van der Waals surface area contributed by atoms with Crippen LogP contribution in [0.2, 0.25) is 0 Å². The Morgan fingerprint density at radius 3 is 2.93 bits per heavy atom. The SMILES string of the molecule is CCN(CCOC)c1ccnc(CN)c1. The van der Waals surface area contributed by atoms with Crippen LogP contribution >= 0.6 is 0 Å². The van der Waals surface area contributed by atoms with Crippen molar-refractivity contribution >= 4 is 5.69 Å². The van der Waals surface area contributed by atoms with Gasteiger partial charge >= 0.3 is 0 Å². The smallest absolute Gasteiger partial charge is 0.0637 e. The van der Waals surface area contributed by atoms with Gasteiger partial charge in [0.05, 0.1) is 12.3 Å². The maximum atomic E-state index is 5.55. The van der Waals surface area contributed by atoms with Crippen LogP contribution in [-0.4, -0.2) is 31.8 Å². The molecule has 0 aliphatic heterocycles. The van der Waals surface area contributed by atoms with E-state index < -0.39 is 0 Å². The van der Waals surface area contributed by atoms with Crippen LogP contribution < -0.4 is 10.6 Å². The molecule has 1 aromatic rings. The molecule has 0 aliphatic carbocycles. The number of nitrogens with two attached hydrogens (primary N) is 1. The van der Waals surface area contributed by atoms with Crippen LogP contribution in [0.1, 0.15) is 12.6 Å². The molecule has 0 aromatic carbocycles. The first-order valence-corrected chi connectivity index (χ1v) is 5.20. The average molecular weight is 209 g/mol. The van der Waals surface area contributed by atoms with Crippen LogP contribution in [-0.2, 0) is 11.3 Å². The normalized spacial score (nSPS) is 10.3. The second-order valence-corrected chi connectivity index (χ2v) is 3.28. The van der Waals surface area contributed by atoms with E-state index in [4.69, 9.17) is 10.5 Å². The summed E-state index contributed by atoms with van der Waals surface area (Å²) in [7, 11) is 1.71. The minimum Gasteiger partial charge on any atom is -0.383 e. The summed E-state index contributed by atoms with van der Waals surface area (Å²) in [4.78, 5) is 6.41. The van der Waals surface area contributed by atoms with E-state index in [-0.39, 0.29) is 0 Å². The van der Waals surface area contributed by atoms with Gasteiger partial charge in [-0.25, -0.2) is 0 Å². The molecule has 0 unspecified atom stereocenters. The van der Waals surface area contributed by atoms with Crippen molar-refractivity contribution in [2.45, 2.75) is 13.5 Å². The molecule has 0 fully saturated rings. The Kier molecular flexibility index (Phi) is 5.07. The maximum absolute atomic E-state index is 5.55. The fourth-order valence-corrected chi connectivity index (χ4v) is 1.45. The fraction of sp³-hybridized carbons (Fsp3) is 0.545. The molecular weight excluding hydrogens is 190 g/mol. The number of likely N-dealkylation sites (N-methyl/N-ethyl adjacent to an activating group) is 1. The minimum atomic E-state index is 0.482. The van der Waals surface area contributed by atoms with E-state index in [0.29, 0.717) is 6.54 Å². The topological polar surface area (TPSA) is 51.4 Å². The first-order valence-electron chi connectivity index (χ1n) is 5.20.